The van der Waals surface area contributed by atoms with Gasteiger partial charge in [0.05, 0.1) is 6.67 Å². The van der Waals surface area contributed by atoms with Gasteiger partial charge in [-0.25, -0.2) is 9.69 Å². The molecule has 6 nitrogen and oxygen atoms in total. The molecular weight excluding hydrogens is 364 g/mol. The van der Waals surface area contributed by atoms with Gasteiger partial charge in [-0.15, -0.1) is 0 Å². The molecule has 0 saturated carbocycles. The van der Waals surface area contributed by atoms with Crippen LogP contribution in [0.2, 0.25) is 0 Å². The summed E-state index contributed by atoms with van der Waals surface area (Å²) in [6, 6.07) is 17.6. The first-order valence-electron chi connectivity index (χ1n) is 10.2. The maximum absolute atomic E-state index is 13.1. The number of piperazine rings is 1. The SMILES string of the molecule is Cc1ccccc1CN1CCN(CN2C(=O)N[C@@](C)(c3ccccc3)C2=O)CC1. The highest BCUT2D eigenvalue weighted by molar-refractivity contribution is 6.07. The number of rotatable bonds is 5. The molecule has 0 aromatic heterocycles. The van der Waals surface area contributed by atoms with Gasteiger partial charge >= 0.3 is 6.03 Å². The monoisotopic (exact) mass is 392 g/mol. The summed E-state index contributed by atoms with van der Waals surface area (Å²) in [6.45, 7) is 8.73. The molecule has 0 spiro atoms. The Balaban J connectivity index is 1.35. The molecule has 1 atom stereocenters. The topological polar surface area (TPSA) is 55.9 Å². The molecule has 2 fully saturated rings. The molecule has 2 heterocycles. The van der Waals surface area contributed by atoms with E-state index in [0.717, 1.165) is 38.3 Å². The molecule has 2 aromatic carbocycles. The first kappa shape index (κ1) is 19.6. The molecule has 2 saturated heterocycles. The van der Waals surface area contributed by atoms with Crippen molar-refractivity contribution in [2.24, 2.45) is 0 Å². The molecule has 0 bridgehead atoms. The maximum Gasteiger partial charge on any atom is 0.326 e. The summed E-state index contributed by atoms with van der Waals surface area (Å²) in [5.41, 5.74) is 2.48. The molecule has 4 rings (SSSR count). The van der Waals surface area contributed by atoms with Gasteiger partial charge < -0.3 is 5.32 Å². The second kappa shape index (κ2) is 7.97. The normalized spacial score (nSPS) is 23.4. The lowest BCUT2D eigenvalue weighted by molar-refractivity contribution is -0.132. The smallest absolute Gasteiger partial charge is 0.319 e. The summed E-state index contributed by atoms with van der Waals surface area (Å²) >= 11 is 0. The van der Waals surface area contributed by atoms with Gasteiger partial charge in [0.15, 0.2) is 0 Å². The van der Waals surface area contributed by atoms with E-state index in [4.69, 9.17) is 0 Å². The molecule has 0 radical (unpaired) electrons. The van der Waals surface area contributed by atoms with Gasteiger partial charge in [0.25, 0.3) is 5.91 Å². The summed E-state index contributed by atoms with van der Waals surface area (Å²) in [7, 11) is 0. The zero-order valence-corrected chi connectivity index (χ0v) is 17.1. The quantitative estimate of drug-likeness (QED) is 0.795. The van der Waals surface area contributed by atoms with E-state index in [0.29, 0.717) is 6.67 Å². The number of nitrogens with zero attached hydrogens (tertiary/aromatic N) is 3. The Morgan fingerprint density at radius 2 is 1.52 bits per heavy atom. The van der Waals surface area contributed by atoms with E-state index in [2.05, 4.69) is 46.3 Å². The van der Waals surface area contributed by atoms with Crippen molar-refractivity contribution in [3.05, 3.63) is 71.3 Å². The van der Waals surface area contributed by atoms with E-state index in [1.807, 2.05) is 30.3 Å². The zero-order chi connectivity index (χ0) is 20.4. The Kier molecular flexibility index (Phi) is 5.39. The zero-order valence-electron chi connectivity index (χ0n) is 17.1. The Bertz CT molecular complexity index is 893. The minimum Gasteiger partial charge on any atom is -0.319 e. The number of aryl methyl sites for hydroxylation is 1. The number of nitrogens with one attached hydrogen (secondary N) is 1. The van der Waals surface area contributed by atoms with Crippen LogP contribution in [-0.2, 0) is 16.9 Å². The van der Waals surface area contributed by atoms with Crippen LogP contribution in [0, 0.1) is 6.92 Å². The molecule has 1 N–H and O–H groups in total. The predicted octanol–water partition coefficient (Wildman–Crippen LogP) is 2.54. The molecule has 6 heteroatoms. The van der Waals surface area contributed by atoms with Gasteiger partial charge in [-0.3, -0.25) is 14.6 Å². The van der Waals surface area contributed by atoms with Crippen LogP contribution in [0.25, 0.3) is 0 Å². The second-order valence-corrected chi connectivity index (χ2v) is 8.12. The summed E-state index contributed by atoms with van der Waals surface area (Å²) in [5.74, 6) is -0.184. The fraction of sp³-hybridized carbons (Fsp3) is 0.391. The average Bonchev–Trinajstić information content (AvgIpc) is 2.96. The highest BCUT2D eigenvalue weighted by Gasteiger charge is 2.49. The van der Waals surface area contributed by atoms with Crippen LogP contribution in [0.1, 0.15) is 23.6 Å². The van der Waals surface area contributed by atoms with Crippen molar-refractivity contribution in [3.63, 3.8) is 0 Å². The summed E-state index contributed by atoms with van der Waals surface area (Å²) < 4.78 is 0. The number of benzene rings is 2. The number of hydrogen-bond donors (Lipinski definition) is 1. The lowest BCUT2D eigenvalue weighted by Crippen LogP contribution is -2.51. The average molecular weight is 393 g/mol. The largest absolute Gasteiger partial charge is 0.326 e. The summed E-state index contributed by atoms with van der Waals surface area (Å²) in [5, 5.41) is 2.88. The van der Waals surface area contributed by atoms with Crippen molar-refractivity contribution in [2.75, 3.05) is 32.8 Å². The minimum atomic E-state index is -0.995. The Morgan fingerprint density at radius 1 is 0.897 bits per heavy atom. The van der Waals surface area contributed by atoms with E-state index >= 15 is 0 Å². The number of imide groups is 1. The lowest BCUT2D eigenvalue weighted by atomic mass is 9.92. The third-order valence-corrected chi connectivity index (χ3v) is 6.09. The van der Waals surface area contributed by atoms with Gasteiger partial charge in [0.1, 0.15) is 5.54 Å². The number of amides is 3. The van der Waals surface area contributed by atoms with Crippen molar-refractivity contribution in [1.82, 2.24) is 20.0 Å². The van der Waals surface area contributed by atoms with Crippen molar-refractivity contribution < 1.29 is 9.59 Å². The molecule has 2 aliphatic rings. The predicted molar refractivity (Wildman–Crippen MR) is 112 cm³/mol. The third kappa shape index (κ3) is 3.91. The molecule has 0 aliphatic carbocycles. The molecule has 29 heavy (non-hydrogen) atoms. The van der Waals surface area contributed by atoms with E-state index < -0.39 is 5.54 Å². The highest BCUT2D eigenvalue weighted by atomic mass is 16.2. The Morgan fingerprint density at radius 3 is 2.21 bits per heavy atom. The Labute approximate surface area is 172 Å². The fourth-order valence-corrected chi connectivity index (χ4v) is 4.11. The number of hydrogen-bond acceptors (Lipinski definition) is 4. The van der Waals surface area contributed by atoms with Crippen LogP contribution >= 0.6 is 0 Å². The number of urea groups is 1. The Hall–Kier alpha value is -2.70. The van der Waals surface area contributed by atoms with Crippen LogP contribution in [-0.4, -0.2) is 59.5 Å². The van der Waals surface area contributed by atoms with Gasteiger partial charge in [-0.1, -0.05) is 54.6 Å². The third-order valence-electron chi connectivity index (χ3n) is 6.09. The first-order chi connectivity index (χ1) is 14.0. The van der Waals surface area contributed by atoms with Crippen LogP contribution in [0.15, 0.2) is 54.6 Å². The van der Waals surface area contributed by atoms with E-state index in [1.54, 1.807) is 6.92 Å². The van der Waals surface area contributed by atoms with E-state index in [1.165, 1.54) is 16.0 Å². The van der Waals surface area contributed by atoms with Gasteiger partial charge in [0, 0.05) is 32.7 Å². The summed E-state index contributed by atoms with van der Waals surface area (Å²) in [6.07, 6.45) is 0. The van der Waals surface area contributed by atoms with Crippen molar-refractivity contribution in [2.45, 2.75) is 25.9 Å². The van der Waals surface area contributed by atoms with Crippen LogP contribution < -0.4 is 5.32 Å². The molecule has 152 valence electrons. The van der Waals surface area contributed by atoms with Crippen molar-refractivity contribution in [3.8, 4) is 0 Å². The van der Waals surface area contributed by atoms with Crippen molar-refractivity contribution >= 4 is 11.9 Å². The first-order valence-corrected chi connectivity index (χ1v) is 10.2. The molecule has 2 aromatic rings. The standard InChI is InChI=1S/C23H28N4O2/c1-18-8-6-7-9-19(18)16-25-12-14-26(15-13-25)17-27-21(28)23(2,24-22(27)29)20-10-4-3-5-11-20/h3-11H,12-17H2,1-2H3,(H,24,29)/t23-/m0/s1. The highest BCUT2D eigenvalue weighted by Crippen LogP contribution is 2.28. The van der Waals surface area contributed by atoms with Gasteiger partial charge in [-0.05, 0) is 30.5 Å². The minimum absolute atomic E-state index is 0.184. The van der Waals surface area contributed by atoms with Crippen molar-refractivity contribution in [1.29, 1.82) is 0 Å². The van der Waals surface area contributed by atoms with Crippen LogP contribution in [0.5, 0.6) is 0 Å². The van der Waals surface area contributed by atoms with Crippen LogP contribution in [0.4, 0.5) is 4.79 Å². The maximum atomic E-state index is 13.1. The lowest BCUT2D eigenvalue weighted by Gasteiger charge is -2.36. The molecule has 0 unspecified atom stereocenters. The summed E-state index contributed by atoms with van der Waals surface area (Å²) in [4.78, 5) is 31.6. The van der Waals surface area contributed by atoms with E-state index in [9.17, 15) is 9.59 Å². The fourth-order valence-electron chi connectivity index (χ4n) is 4.11. The van der Waals surface area contributed by atoms with E-state index in [-0.39, 0.29) is 11.9 Å². The van der Waals surface area contributed by atoms with Crippen LogP contribution in [0.3, 0.4) is 0 Å². The molecular formula is C23H28N4O2. The molecule has 2 aliphatic heterocycles. The van der Waals surface area contributed by atoms with Gasteiger partial charge in [-0.2, -0.15) is 0 Å². The second-order valence-electron chi connectivity index (χ2n) is 8.12. The molecule has 3 amide bonds. The number of carbonyl (C=O) groups excluding carboxylic acids is 2. The number of carbonyl (C=O) groups is 2. The van der Waals surface area contributed by atoms with Gasteiger partial charge in [0.2, 0.25) is 0 Å².